The minimum absolute atomic E-state index is 0.0629. The first kappa shape index (κ1) is 15.4. The maximum Gasteiger partial charge on any atom is 0.119 e. The van der Waals surface area contributed by atoms with Gasteiger partial charge in [-0.2, -0.15) is 0 Å². The molecule has 0 radical (unpaired) electrons. The zero-order valence-corrected chi connectivity index (χ0v) is 12.7. The third-order valence-corrected chi connectivity index (χ3v) is 3.35. The highest BCUT2D eigenvalue weighted by Crippen LogP contribution is 2.22. The molecule has 1 atom stereocenters. The SMILES string of the molecule is CCCOc1ccc(C(C)Nc2cccc(CO)c2)cc1. The molecule has 1 unspecified atom stereocenters. The summed E-state index contributed by atoms with van der Waals surface area (Å²) in [5, 5.41) is 12.6. The van der Waals surface area contributed by atoms with E-state index in [1.54, 1.807) is 0 Å². The molecular formula is C18H23NO2. The van der Waals surface area contributed by atoms with Crippen molar-refractivity contribution in [1.29, 1.82) is 0 Å². The van der Waals surface area contributed by atoms with Gasteiger partial charge in [-0.1, -0.05) is 31.2 Å². The van der Waals surface area contributed by atoms with Gasteiger partial charge in [-0.3, -0.25) is 0 Å². The second-order valence-corrected chi connectivity index (χ2v) is 5.14. The number of aliphatic hydroxyl groups is 1. The molecular weight excluding hydrogens is 262 g/mol. The van der Waals surface area contributed by atoms with Gasteiger partial charge in [0.05, 0.1) is 13.2 Å². The maximum absolute atomic E-state index is 9.17. The van der Waals surface area contributed by atoms with Gasteiger partial charge in [0.1, 0.15) is 5.75 Å². The van der Waals surface area contributed by atoms with Crippen molar-refractivity contribution >= 4 is 5.69 Å². The Labute approximate surface area is 126 Å². The summed E-state index contributed by atoms with van der Waals surface area (Å²) >= 11 is 0. The molecule has 2 aromatic rings. The fourth-order valence-electron chi connectivity index (χ4n) is 2.17. The summed E-state index contributed by atoms with van der Waals surface area (Å²) in [6.45, 7) is 5.03. The van der Waals surface area contributed by atoms with Gasteiger partial charge >= 0.3 is 0 Å². The van der Waals surface area contributed by atoms with Crippen LogP contribution >= 0.6 is 0 Å². The summed E-state index contributed by atoms with van der Waals surface area (Å²) in [4.78, 5) is 0. The summed E-state index contributed by atoms with van der Waals surface area (Å²) in [5.74, 6) is 0.912. The molecule has 0 aliphatic heterocycles. The Morgan fingerprint density at radius 1 is 1.14 bits per heavy atom. The fourth-order valence-corrected chi connectivity index (χ4v) is 2.17. The first-order valence-electron chi connectivity index (χ1n) is 7.42. The molecule has 0 bridgehead atoms. The van der Waals surface area contributed by atoms with Crippen molar-refractivity contribution in [1.82, 2.24) is 0 Å². The molecule has 0 amide bonds. The molecule has 3 nitrogen and oxygen atoms in total. The largest absolute Gasteiger partial charge is 0.494 e. The molecule has 3 heteroatoms. The van der Waals surface area contributed by atoms with E-state index in [1.165, 1.54) is 5.56 Å². The number of rotatable bonds is 7. The predicted molar refractivity (Wildman–Crippen MR) is 86.6 cm³/mol. The van der Waals surface area contributed by atoms with Gasteiger partial charge in [0.2, 0.25) is 0 Å². The molecule has 0 spiro atoms. The van der Waals surface area contributed by atoms with Gasteiger partial charge in [0, 0.05) is 11.7 Å². The lowest BCUT2D eigenvalue weighted by Gasteiger charge is -2.17. The van der Waals surface area contributed by atoms with Gasteiger partial charge in [0.15, 0.2) is 0 Å². The number of ether oxygens (including phenoxy) is 1. The number of nitrogens with one attached hydrogen (secondary N) is 1. The van der Waals surface area contributed by atoms with E-state index < -0.39 is 0 Å². The normalized spacial score (nSPS) is 12.0. The average molecular weight is 285 g/mol. The quantitative estimate of drug-likeness (QED) is 0.803. The second-order valence-electron chi connectivity index (χ2n) is 5.14. The van der Waals surface area contributed by atoms with Crippen LogP contribution in [0.1, 0.15) is 37.4 Å². The van der Waals surface area contributed by atoms with E-state index >= 15 is 0 Å². The molecule has 21 heavy (non-hydrogen) atoms. The summed E-state index contributed by atoms with van der Waals surface area (Å²) in [7, 11) is 0. The molecule has 2 aromatic carbocycles. The Hall–Kier alpha value is -2.00. The van der Waals surface area contributed by atoms with E-state index in [0.29, 0.717) is 0 Å². The van der Waals surface area contributed by atoms with E-state index in [1.807, 2.05) is 36.4 Å². The van der Waals surface area contributed by atoms with Gasteiger partial charge in [-0.25, -0.2) is 0 Å². The first-order chi connectivity index (χ1) is 10.2. The van der Waals surface area contributed by atoms with Gasteiger partial charge in [-0.15, -0.1) is 0 Å². The summed E-state index contributed by atoms with van der Waals surface area (Å²) in [5.41, 5.74) is 3.13. The summed E-state index contributed by atoms with van der Waals surface area (Å²) in [6.07, 6.45) is 1.01. The van der Waals surface area contributed by atoms with E-state index in [4.69, 9.17) is 4.74 Å². The second kappa shape index (κ2) is 7.70. The van der Waals surface area contributed by atoms with Crippen molar-refractivity contribution in [3.63, 3.8) is 0 Å². The summed E-state index contributed by atoms with van der Waals surface area (Å²) < 4.78 is 5.59. The molecule has 0 saturated heterocycles. The van der Waals surface area contributed by atoms with E-state index in [-0.39, 0.29) is 12.6 Å². The van der Waals surface area contributed by atoms with Crippen LogP contribution in [0.2, 0.25) is 0 Å². The zero-order chi connectivity index (χ0) is 15.1. The number of aliphatic hydroxyl groups excluding tert-OH is 1. The highest BCUT2D eigenvalue weighted by Gasteiger charge is 2.06. The number of hydrogen-bond acceptors (Lipinski definition) is 3. The Balaban J connectivity index is 2.00. The zero-order valence-electron chi connectivity index (χ0n) is 12.7. The van der Waals surface area contributed by atoms with Crippen LogP contribution in [0.25, 0.3) is 0 Å². The first-order valence-corrected chi connectivity index (χ1v) is 7.42. The number of hydrogen-bond donors (Lipinski definition) is 2. The lowest BCUT2D eigenvalue weighted by molar-refractivity contribution is 0.282. The van der Waals surface area contributed by atoms with Gasteiger partial charge in [-0.05, 0) is 48.7 Å². The molecule has 0 fully saturated rings. The maximum atomic E-state index is 9.17. The van der Waals surface area contributed by atoms with Crippen LogP contribution in [-0.4, -0.2) is 11.7 Å². The Bertz CT molecular complexity index is 551. The molecule has 0 saturated carbocycles. The van der Waals surface area contributed by atoms with Crippen molar-refractivity contribution in [2.24, 2.45) is 0 Å². The number of benzene rings is 2. The lowest BCUT2D eigenvalue weighted by atomic mass is 10.1. The third kappa shape index (κ3) is 4.50. The van der Waals surface area contributed by atoms with Crippen molar-refractivity contribution < 1.29 is 9.84 Å². The van der Waals surface area contributed by atoms with Crippen LogP contribution in [0.4, 0.5) is 5.69 Å². The molecule has 2 rings (SSSR count). The van der Waals surface area contributed by atoms with Crippen LogP contribution < -0.4 is 10.1 Å². The molecule has 112 valence electrons. The van der Waals surface area contributed by atoms with Crippen molar-refractivity contribution in [2.45, 2.75) is 32.9 Å². The lowest BCUT2D eigenvalue weighted by Crippen LogP contribution is -2.07. The van der Waals surface area contributed by atoms with Gasteiger partial charge in [0.25, 0.3) is 0 Å². The van der Waals surface area contributed by atoms with E-state index in [9.17, 15) is 5.11 Å². The molecule has 0 aromatic heterocycles. The Kier molecular flexibility index (Phi) is 5.64. The fraction of sp³-hybridized carbons (Fsp3) is 0.333. The molecule has 0 aliphatic carbocycles. The minimum atomic E-state index is 0.0629. The topological polar surface area (TPSA) is 41.5 Å². The Morgan fingerprint density at radius 2 is 1.90 bits per heavy atom. The Morgan fingerprint density at radius 3 is 2.57 bits per heavy atom. The third-order valence-electron chi connectivity index (χ3n) is 3.35. The minimum Gasteiger partial charge on any atom is -0.494 e. The average Bonchev–Trinajstić information content (AvgIpc) is 2.53. The predicted octanol–water partition coefficient (Wildman–Crippen LogP) is 4.14. The van der Waals surface area contributed by atoms with Crippen LogP contribution in [0, 0.1) is 0 Å². The standard InChI is InChI=1S/C18H23NO2/c1-3-11-21-18-9-7-16(8-10-18)14(2)19-17-6-4-5-15(12-17)13-20/h4-10,12,14,19-20H,3,11,13H2,1-2H3. The van der Waals surface area contributed by atoms with Crippen molar-refractivity contribution in [3.05, 3.63) is 59.7 Å². The van der Waals surface area contributed by atoms with Crippen LogP contribution in [-0.2, 0) is 6.61 Å². The molecule has 2 N–H and O–H groups in total. The van der Waals surface area contributed by atoms with E-state index in [2.05, 4.69) is 31.3 Å². The summed E-state index contributed by atoms with van der Waals surface area (Å²) in [6, 6.07) is 16.2. The molecule has 0 heterocycles. The highest BCUT2D eigenvalue weighted by molar-refractivity contribution is 5.47. The van der Waals surface area contributed by atoms with Crippen LogP contribution in [0.5, 0.6) is 5.75 Å². The highest BCUT2D eigenvalue weighted by atomic mass is 16.5. The van der Waals surface area contributed by atoms with Crippen molar-refractivity contribution in [2.75, 3.05) is 11.9 Å². The smallest absolute Gasteiger partial charge is 0.119 e. The monoisotopic (exact) mass is 285 g/mol. The number of anilines is 1. The van der Waals surface area contributed by atoms with E-state index in [0.717, 1.165) is 30.0 Å². The van der Waals surface area contributed by atoms with Crippen LogP contribution in [0.15, 0.2) is 48.5 Å². The molecule has 0 aliphatic rings. The van der Waals surface area contributed by atoms with Crippen LogP contribution in [0.3, 0.4) is 0 Å². The van der Waals surface area contributed by atoms with Gasteiger partial charge < -0.3 is 15.2 Å². The van der Waals surface area contributed by atoms with Crippen molar-refractivity contribution in [3.8, 4) is 5.75 Å².